The molecule has 0 amide bonds. The van der Waals surface area contributed by atoms with Gasteiger partial charge in [-0.2, -0.15) is 0 Å². The summed E-state index contributed by atoms with van der Waals surface area (Å²) in [6, 6.07) is 5.55. The highest BCUT2D eigenvalue weighted by Crippen LogP contribution is 2.51. The third-order valence-electron chi connectivity index (χ3n) is 4.22. The van der Waals surface area contributed by atoms with E-state index in [4.69, 9.17) is 10.5 Å². The van der Waals surface area contributed by atoms with E-state index >= 15 is 0 Å². The van der Waals surface area contributed by atoms with Gasteiger partial charge < -0.3 is 10.5 Å². The van der Waals surface area contributed by atoms with Crippen LogP contribution in [0.25, 0.3) is 11.4 Å². The van der Waals surface area contributed by atoms with Crippen LogP contribution in [0.4, 0.5) is 5.69 Å². The summed E-state index contributed by atoms with van der Waals surface area (Å²) >= 11 is 0. The summed E-state index contributed by atoms with van der Waals surface area (Å²) in [5, 5.41) is 12.2. The third-order valence-corrected chi connectivity index (χ3v) is 4.22. The molecular weight excluding hydrogens is 266 g/mol. The molecule has 1 aliphatic rings. The van der Waals surface area contributed by atoms with E-state index in [1.807, 2.05) is 16.8 Å². The number of nitrogens with zero attached hydrogens (tertiary/aromatic N) is 4. The van der Waals surface area contributed by atoms with Gasteiger partial charge in [0.25, 0.3) is 0 Å². The van der Waals surface area contributed by atoms with Gasteiger partial charge in [0.15, 0.2) is 5.82 Å². The van der Waals surface area contributed by atoms with Crippen molar-refractivity contribution in [2.75, 3.05) is 12.8 Å². The number of ether oxygens (including phenoxy) is 1. The van der Waals surface area contributed by atoms with Gasteiger partial charge in [-0.1, -0.05) is 13.3 Å². The Bertz CT molecular complexity index is 633. The van der Waals surface area contributed by atoms with E-state index in [0.717, 1.165) is 17.9 Å². The topological polar surface area (TPSA) is 78.9 Å². The molecule has 6 nitrogen and oxygen atoms in total. The maximum absolute atomic E-state index is 5.81. The summed E-state index contributed by atoms with van der Waals surface area (Å²) in [6.07, 6.45) is 4.95. The second-order valence-electron chi connectivity index (χ2n) is 5.87. The van der Waals surface area contributed by atoms with Crippen molar-refractivity contribution in [1.82, 2.24) is 20.2 Å². The van der Waals surface area contributed by atoms with Crippen molar-refractivity contribution in [3.63, 3.8) is 0 Å². The van der Waals surface area contributed by atoms with E-state index < -0.39 is 0 Å². The van der Waals surface area contributed by atoms with E-state index in [9.17, 15) is 0 Å². The molecule has 1 aliphatic carbocycles. The molecule has 1 saturated carbocycles. The number of hydrogen-bond donors (Lipinski definition) is 1. The molecule has 0 spiro atoms. The predicted octanol–water partition coefficient (Wildman–Crippen LogP) is 2.51. The molecule has 2 aromatic rings. The molecule has 2 N–H and O–H groups in total. The molecule has 6 heteroatoms. The van der Waals surface area contributed by atoms with Gasteiger partial charge in [0, 0.05) is 11.8 Å². The average molecular weight is 287 g/mol. The molecule has 0 aliphatic heterocycles. The number of benzene rings is 1. The molecule has 1 heterocycles. The fraction of sp³-hybridized carbons (Fsp3) is 0.533. The van der Waals surface area contributed by atoms with Crippen LogP contribution in [-0.2, 0) is 6.54 Å². The summed E-state index contributed by atoms with van der Waals surface area (Å²) in [5.41, 5.74) is 7.74. The Morgan fingerprint density at radius 1 is 1.38 bits per heavy atom. The molecule has 0 bridgehead atoms. The Kier molecular flexibility index (Phi) is 3.53. The molecule has 1 aromatic heterocycles. The first-order valence-electron chi connectivity index (χ1n) is 7.37. The van der Waals surface area contributed by atoms with Crippen LogP contribution in [0.5, 0.6) is 5.75 Å². The molecule has 3 rings (SSSR count). The number of aromatic nitrogens is 4. The van der Waals surface area contributed by atoms with Crippen molar-refractivity contribution in [2.24, 2.45) is 5.41 Å². The standard InChI is InChI=1S/C15H21N5O/c1-3-6-15(7-8-15)10-20-14(17-18-19-20)12-5-4-11(16)9-13(12)21-2/h4-5,9H,3,6-8,10,16H2,1-2H3. The van der Waals surface area contributed by atoms with Crippen LogP contribution in [0.3, 0.4) is 0 Å². The molecule has 0 saturated heterocycles. The molecule has 112 valence electrons. The largest absolute Gasteiger partial charge is 0.496 e. The minimum atomic E-state index is 0.389. The van der Waals surface area contributed by atoms with Crippen LogP contribution in [0.1, 0.15) is 32.6 Å². The van der Waals surface area contributed by atoms with E-state index in [0.29, 0.717) is 16.9 Å². The Labute approximate surface area is 124 Å². The van der Waals surface area contributed by atoms with E-state index in [2.05, 4.69) is 22.4 Å². The van der Waals surface area contributed by atoms with Gasteiger partial charge in [0.1, 0.15) is 5.75 Å². The second kappa shape index (κ2) is 5.35. The lowest BCUT2D eigenvalue weighted by Gasteiger charge is -2.15. The quantitative estimate of drug-likeness (QED) is 0.826. The minimum Gasteiger partial charge on any atom is -0.496 e. The maximum Gasteiger partial charge on any atom is 0.185 e. The minimum absolute atomic E-state index is 0.389. The summed E-state index contributed by atoms with van der Waals surface area (Å²) in [5.74, 6) is 1.45. The van der Waals surface area contributed by atoms with Gasteiger partial charge in [0.2, 0.25) is 0 Å². The van der Waals surface area contributed by atoms with Crippen molar-refractivity contribution in [3.8, 4) is 17.1 Å². The Morgan fingerprint density at radius 3 is 2.86 bits per heavy atom. The molecule has 0 unspecified atom stereocenters. The number of methoxy groups -OCH3 is 1. The number of nitrogen functional groups attached to an aromatic ring is 1. The van der Waals surface area contributed by atoms with Crippen molar-refractivity contribution < 1.29 is 4.74 Å². The first-order chi connectivity index (χ1) is 10.2. The number of tetrazole rings is 1. The van der Waals surface area contributed by atoms with E-state index in [1.165, 1.54) is 25.7 Å². The van der Waals surface area contributed by atoms with Crippen LogP contribution >= 0.6 is 0 Å². The van der Waals surface area contributed by atoms with Gasteiger partial charge in [-0.3, -0.25) is 0 Å². The van der Waals surface area contributed by atoms with Crippen LogP contribution in [0.15, 0.2) is 18.2 Å². The Balaban J connectivity index is 1.92. The van der Waals surface area contributed by atoms with Crippen molar-refractivity contribution in [1.29, 1.82) is 0 Å². The highest BCUT2D eigenvalue weighted by Gasteiger charge is 2.42. The molecule has 0 radical (unpaired) electrons. The highest BCUT2D eigenvalue weighted by atomic mass is 16.5. The van der Waals surface area contributed by atoms with E-state index in [1.54, 1.807) is 13.2 Å². The normalized spacial score (nSPS) is 15.9. The zero-order valence-corrected chi connectivity index (χ0v) is 12.5. The zero-order chi connectivity index (χ0) is 14.9. The van der Waals surface area contributed by atoms with E-state index in [-0.39, 0.29) is 0 Å². The number of rotatable bonds is 6. The first-order valence-corrected chi connectivity index (χ1v) is 7.37. The summed E-state index contributed by atoms with van der Waals surface area (Å²) in [7, 11) is 1.63. The third kappa shape index (κ3) is 2.70. The van der Waals surface area contributed by atoms with Gasteiger partial charge in [0.05, 0.1) is 19.2 Å². The monoisotopic (exact) mass is 287 g/mol. The van der Waals surface area contributed by atoms with Crippen molar-refractivity contribution in [2.45, 2.75) is 39.2 Å². The Hall–Kier alpha value is -2.11. The van der Waals surface area contributed by atoms with Crippen LogP contribution < -0.4 is 10.5 Å². The zero-order valence-electron chi connectivity index (χ0n) is 12.5. The maximum atomic E-state index is 5.81. The number of anilines is 1. The lowest BCUT2D eigenvalue weighted by Crippen LogP contribution is -2.14. The predicted molar refractivity (Wildman–Crippen MR) is 80.8 cm³/mol. The van der Waals surface area contributed by atoms with Crippen LogP contribution in [-0.4, -0.2) is 27.3 Å². The lowest BCUT2D eigenvalue weighted by atomic mass is 10.0. The number of nitrogens with two attached hydrogens (primary N) is 1. The molecular formula is C15H21N5O. The first kappa shape index (κ1) is 13.9. The fourth-order valence-corrected chi connectivity index (χ4v) is 2.91. The SMILES string of the molecule is CCCC1(Cn2nnnc2-c2ccc(N)cc2OC)CC1. The summed E-state index contributed by atoms with van der Waals surface area (Å²) in [4.78, 5) is 0. The van der Waals surface area contributed by atoms with Crippen molar-refractivity contribution >= 4 is 5.69 Å². The van der Waals surface area contributed by atoms with Crippen molar-refractivity contribution in [3.05, 3.63) is 18.2 Å². The second-order valence-corrected chi connectivity index (χ2v) is 5.87. The van der Waals surface area contributed by atoms with Gasteiger partial charge in [-0.15, -0.1) is 5.10 Å². The summed E-state index contributed by atoms with van der Waals surface area (Å²) in [6.45, 7) is 3.10. The van der Waals surface area contributed by atoms with Gasteiger partial charge in [-0.25, -0.2) is 4.68 Å². The molecule has 21 heavy (non-hydrogen) atoms. The van der Waals surface area contributed by atoms with Crippen LogP contribution in [0.2, 0.25) is 0 Å². The van der Waals surface area contributed by atoms with Gasteiger partial charge >= 0.3 is 0 Å². The Morgan fingerprint density at radius 2 is 2.19 bits per heavy atom. The van der Waals surface area contributed by atoms with Crippen LogP contribution in [0, 0.1) is 5.41 Å². The number of hydrogen-bond acceptors (Lipinski definition) is 5. The molecule has 0 atom stereocenters. The average Bonchev–Trinajstić information content (AvgIpc) is 3.07. The summed E-state index contributed by atoms with van der Waals surface area (Å²) < 4.78 is 7.31. The lowest BCUT2D eigenvalue weighted by molar-refractivity contribution is 0.364. The fourth-order valence-electron chi connectivity index (χ4n) is 2.91. The highest BCUT2D eigenvalue weighted by molar-refractivity contribution is 5.67. The molecule has 1 fully saturated rings. The van der Waals surface area contributed by atoms with Gasteiger partial charge in [-0.05, 0) is 47.2 Å². The smallest absolute Gasteiger partial charge is 0.185 e. The molecule has 1 aromatic carbocycles.